The first-order valence-corrected chi connectivity index (χ1v) is 7.36. The lowest BCUT2D eigenvalue weighted by atomic mass is 10.2. The summed E-state index contributed by atoms with van der Waals surface area (Å²) >= 11 is 9.38. The summed E-state index contributed by atoms with van der Waals surface area (Å²) in [7, 11) is 0. The number of carbonyl (C=O) groups is 1. The minimum absolute atomic E-state index is 0.431. The van der Waals surface area contributed by atoms with Crippen molar-refractivity contribution in [3.05, 3.63) is 33.3 Å². The zero-order valence-corrected chi connectivity index (χ0v) is 14.1. The third-order valence-electron chi connectivity index (χ3n) is 2.07. The zero-order chi connectivity index (χ0) is 15.2. The number of halogens is 2. The van der Waals surface area contributed by atoms with Gasteiger partial charge in [-0.25, -0.2) is 4.79 Å². The van der Waals surface area contributed by atoms with Crippen molar-refractivity contribution < 1.29 is 9.53 Å². The molecule has 0 aliphatic heterocycles. The Morgan fingerprint density at radius 1 is 1.45 bits per heavy atom. The zero-order valence-electron chi connectivity index (χ0n) is 11.7. The molecular weight excluding hydrogens is 342 g/mol. The lowest BCUT2D eigenvalue weighted by Gasteiger charge is -2.19. The van der Waals surface area contributed by atoms with Crippen LogP contribution in [0.2, 0.25) is 5.02 Å². The summed E-state index contributed by atoms with van der Waals surface area (Å²) in [5.74, 6) is 5.93. The van der Waals surface area contributed by atoms with E-state index >= 15 is 0 Å². The van der Waals surface area contributed by atoms with Gasteiger partial charge in [0.15, 0.2) is 0 Å². The van der Waals surface area contributed by atoms with Crippen molar-refractivity contribution >= 4 is 33.6 Å². The average Bonchev–Trinajstić information content (AvgIpc) is 2.30. The van der Waals surface area contributed by atoms with Gasteiger partial charge in [0.2, 0.25) is 0 Å². The summed E-state index contributed by atoms with van der Waals surface area (Å²) in [5, 5.41) is 3.26. The van der Waals surface area contributed by atoms with E-state index in [4.69, 9.17) is 16.3 Å². The van der Waals surface area contributed by atoms with E-state index in [1.165, 1.54) is 0 Å². The van der Waals surface area contributed by atoms with Gasteiger partial charge in [0, 0.05) is 23.0 Å². The lowest BCUT2D eigenvalue weighted by Crippen LogP contribution is -2.32. The summed E-state index contributed by atoms with van der Waals surface area (Å²) in [6.07, 6.45) is 0.0991. The number of amides is 1. The van der Waals surface area contributed by atoms with Crippen LogP contribution < -0.4 is 5.32 Å². The van der Waals surface area contributed by atoms with Crippen molar-refractivity contribution in [2.24, 2.45) is 0 Å². The molecule has 20 heavy (non-hydrogen) atoms. The number of hydrogen-bond donors (Lipinski definition) is 1. The molecule has 1 amide bonds. The smallest absolute Gasteiger partial charge is 0.407 e. The molecule has 0 bridgehead atoms. The van der Waals surface area contributed by atoms with Gasteiger partial charge in [0.25, 0.3) is 0 Å². The van der Waals surface area contributed by atoms with Crippen LogP contribution in [-0.4, -0.2) is 18.2 Å². The second-order valence-electron chi connectivity index (χ2n) is 5.10. The Morgan fingerprint density at radius 2 is 2.15 bits per heavy atom. The van der Waals surface area contributed by atoms with Gasteiger partial charge in [-0.05, 0) is 39.0 Å². The monoisotopic (exact) mass is 357 g/mol. The normalized spacial score (nSPS) is 10.4. The highest BCUT2D eigenvalue weighted by Crippen LogP contribution is 2.19. The average molecular weight is 359 g/mol. The number of hydrogen-bond acceptors (Lipinski definition) is 2. The van der Waals surface area contributed by atoms with E-state index in [1.807, 2.05) is 32.9 Å². The number of nitrogens with one attached hydrogen (secondary N) is 1. The molecule has 0 atom stereocenters. The first kappa shape index (κ1) is 16.9. The molecule has 108 valence electrons. The fourth-order valence-corrected chi connectivity index (χ4v) is 1.82. The van der Waals surface area contributed by atoms with Crippen LogP contribution in [0.3, 0.4) is 0 Å². The van der Waals surface area contributed by atoms with Gasteiger partial charge in [-0.2, -0.15) is 0 Å². The fraction of sp³-hybridized carbons (Fsp3) is 0.400. The lowest BCUT2D eigenvalue weighted by molar-refractivity contribution is 0.0529. The molecule has 0 aliphatic carbocycles. The van der Waals surface area contributed by atoms with Gasteiger partial charge in [-0.15, -0.1) is 0 Å². The van der Waals surface area contributed by atoms with Crippen molar-refractivity contribution in [1.82, 2.24) is 5.32 Å². The first-order chi connectivity index (χ1) is 9.28. The van der Waals surface area contributed by atoms with E-state index in [2.05, 4.69) is 33.1 Å². The molecule has 0 saturated heterocycles. The van der Waals surface area contributed by atoms with Crippen LogP contribution in [0.1, 0.15) is 32.8 Å². The number of carbonyl (C=O) groups excluding carboxylic acids is 1. The Hall–Kier alpha value is -1.18. The Bertz CT molecular complexity index is 541. The Balaban J connectivity index is 2.40. The van der Waals surface area contributed by atoms with Crippen molar-refractivity contribution in [3.8, 4) is 11.8 Å². The third-order valence-corrected chi connectivity index (χ3v) is 2.89. The van der Waals surface area contributed by atoms with Gasteiger partial charge < -0.3 is 10.1 Å². The standard InChI is InChI=1S/C15H17BrClNO2/c1-15(2,3)20-14(19)18-9-5-4-6-11-10-12(16)7-8-13(11)17/h7-8,10H,5,9H2,1-3H3,(H,18,19). The molecule has 0 unspecified atom stereocenters. The highest BCUT2D eigenvalue weighted by Gasteiger charge is 2.15. The molecule has 0 saturated carbocycles. The van der Waals surface area contributed by atoms with Crippen LogP contribution in [0.15, 0.2) is 22.7 Å². The summed E-state index contributed by atoms with van der Waals surface area (Å²) in [4.78, 5) is 11.4. The maximum absolute atomic E-state index is 11.4. The predicted octanol–water partition coefficient (Wildman–Crippen LogP) is 4.37. The highest BCUT2D eigenvalue weighted by molar-refractivity contribution is 9.10. The van der Waals surface area contributed by atoms with E-state index in [-0.39, 0.29) is 0 Å². The van der Waals surface area contributed by atoms with Crippen molar-refractivity contribution in [1.29, 1.82) is 0 Å². The largest absolute Gasteiger partial charge is 0.444 e. The number of benzene rings is 1. The van der Waals surface area contributed by atoms with Crippen LogP contribution >= 0.6 is 27.5 Å². The van der Waals surface area contributed by atoms with Crippen LogP contribution in [-0.2, 0) is 4.74 Å². The minimum Gasteiger partial charge on any atom is -0.444 e. The molecule has 3 nitrogen and oxygen atoms in total. The van der Waals surface area contributed by atoms with Gasteiger partial charge in [-0.3, -0.25) is 0 Å². The summed E-state index contributed by atoms with van der Waals surface area (Å²) in [6, 6.07) is 5.50. The van der Waals surface area contributed by atoms with E-state index in [9.17, 15) is 4.79 Å². The number of ether oxygens (including phenoxy) is 1. The van der Waals surface area contributed by atoms with Crippen LogP contribution in [0.4, 0.5) is 4.79 Å². The number of alkyl carbamates (subject to hydrolysis) is 1. The van der Waals surface area contributed by atoms with Gasteiger partial charge in [0.1, 0.15) is 5.60 Å². The fourth-order valence-electron chi connectivity index (χ4n) is 1.29. The molecule has 0 fully saturated rings. The van der Waals surface area contributed by atoms with Crippen molar-refractivity contribution in [2.45, 2.75) is 32.8 Å². The third kappa shape index (κ3) is 6.83. The summed E-state index contributed by atoms with van der Waals surface area (Å²) in [6.45, 7) is 5.90. The maximum Gasteiger partial charge on any atom is 0.407 e. The molecule has 0 radical (unpaired) electrons. The van der Waals surface area contributed by atoms with Gasteiger partial charge in [-0.1, -0.05) is 39.4 Å². The van der Waals surface area contributed by atoms with Gasteiger partial charge >= 0.3 is 6.09 Å². The molecule has 0 aliphatic rings. The van der Waals surface area contributed by atoms with Crippen LogP contribution in [0.25, 0.3) is 0 Å². The minimum atomic E-state index is -0.487. The molecule has 1 rings (SSSR count). The van der Waals surface area contributed by atoms with Crippen molar-refractivity contribution in [3.63, 3.8) is 0 Å². The Kier molecular flexibility index (Phi) is 6.38. The first-order valence-electron chi connectivity index (χ1n) is 6.19. The van der Waals surface area contributed by atoms with Crippen molar-refractivity contribution in [2.75, 3.05) is 6.54 Å². The van der Waals surface area contributed by atoms with E-state index in [0.29, 0.717) is 18.0 Å². The van der Waals surface area contributed by atoms with E-state index in [1.54, 1.807) is 6.07 Å². The molecule has 1 N–H and O–H groups in total. The molecule has 0 heterocycles. The predicted molar refractivity (Wildman–Crippen MR) is 84.9 cm³/mol. The topological polar surface area (TPSA) is 38.3 Å². The summed E-state index contributed by atoms with van der Waals surface area (Å²) in [5.41, 5.74) is 0.276. The SMILES string of the molecule is CC(C)(C)OC(=O)NCCC#Cc1cc(Br)ccc1Cl. The van der Waals surface area contributed by atoms with Crippen LogP contribution in [0, 0.1) is 11.8 Å². The molecule has 1 aromatic carbocycles. The molecular formula is C15H17BrClNO2. The molecule has 1 aromatic rings. The number of rotatable bonds is 2. The Labute approximate surface area is 133 Å². The van der Waals surface area contributed by atoms with E-state index in [0.717, 1.165) is 10.0 Å². The highest BCUT2D eigenvalue weighted by atomic mass is 79.9. The second kappa shape index (κ2) is 7.56. The molecule has 0 aromatic heterocycles. The summed E-state index contributed by atoms with van der Waals surface area (Å²) < 4.78 is 6.04. The van der Waals surface area contributed by atoms with Crippen LogP contribution in [0.5, 0.6) is 0 Å². The molecule has 0 spiro atoms. The second-order valence-corrected chi connectivity index (χ2v) is 6.43. The Morgan fingerprint density at radius 3 is 2.80 bits per heavy atom. The van der Waals surface area contributed by atoms with E-state index < -0.39 is 11.7 Å². The quantitative estimate of drug-likeness (QED) is 0.630. The van der Waals surface area contributed by atoms with Gasteiger partial charge in [0.05, 0.1) is 5.02 Å². The maximum atomic E-state index is 11.4. The molecule has 5 heteroatoms.